The Morgan fingerprint density at radius 2 is 0.638 bits per heavy atom. The standard InChI is InChI=1S/C57H35N7.C3H8.C2H6/c1-4-18-36(19-5-1)55-58-56(63-45-28-14-10-24-39(45)41-32-34-49-51(53(41)63)43-26-12-16-30-47(43)61(49)37-20-6-2-7-21-37)60-57(59-55)64-46-29-15-11-25-40(46)42-33-35-50-52(54(42)64)44-27-13-17-31-48(44)62(50)38-22-8-3-9-23-38;1-3-2;1-2/h1-35H;3H2,1-2H3;1-2H3. The lowest BCUT2D eigenvalue weighted by molar-refractivity contribution is 0.894. The van der Waals surface area contributed by atoms with Crippen molar-refractivity contribution in [2.45, 2.75) is 34.1 Å². The number of hydrogen-bond donors (Lipinski definition) is 0. The van der Waals surface area contributed by atoms with E-state index >= 15 is 0 Å². The van der Waals surface area contributed by atoms with Crippen molar-refractivity contribution in [3.05, 3.63) is 212 Å². The Kier molecular flexibility index (Phi) is 10.3. The molecule has 69 heavy (non-hydrogen) atoms. The SMILES string of the molecule is CC.CCC.c1ccc(-c2nc(-n3c4ccccc4c4ccc5c(c6ccccc6n5-c5ccccc5)c43)nc(-n3c4ccccc4c4ccc5c(c6ccccc6n5-c5ccccc5)c43)n2)cc1. The first-order valence-electron chi connectivity index (χ1n) is 24.1. The molecule has 0 aliphatic rings. The lowest BCUT2D eigenvalue weighted by Crippen LogP contribution is -2.10. The van der Waals surface area contributed by atoms with Gasteiger partial charge in [-0.25, -0.2) is 0 Å². The van der Waals surface area contributed by atoms with E-state index in [0.29, 0.717) is 17.7 Å². The lowest BCUT2D eigenvalue weighted by atomic mass is 10.1. The third-order valence-electron chi connectivity index (χ3n) is 13.0. The average molecular weight is 892 g/mol. The molecule has 0 unspecified atom stereocenters. The average Bonchev–Trinajstić information content (AvgIpc) is 4.15. The van der Waals surface area contributed by atoms with Gasteiger partial charge in [0.25, 0.3) is 0 Å². The predicted molar refractivity (Wildman–Crippen MR) is 290 cm³/mol. The minimum absolute atomic E-state index is 0.545. The molecule has 7 nitrogen and oxygen atoms in total. The van der Waals surface area contributed by atoms with Gasteiger partial charge in [-0.15, -0.1) is 0 Å². The summed E-state index contributed by atoms with van der Waals surface area (Å²) in [5.74, 6) is 1.68. The van der Waals surface area contributed by atoms with E-state index in [1.165, 1.54) is 6.42 Å². The van der Waals surface area contributed by atoms with Gasteiger partial charge in [-0.2, -0.15) is 15.0 Å². The zero-order valence-electron chi connectivity index (χ0n) is 39.0. The number of fused-ring (bicyclic) bond motifs is 14. The third-order valence-corrected chi connectivity index (χ3v) is 13.0. The molecule has 0 fully saturated rings. The van der Waals surface area contributed by atoms with Crippen molar-refractivity contribution in [3.8, 4) is 34.7 Å². The summed E-state index contributed by atoms with van der Waals surface area (Å²) < 4.78 is 9.29. The molecule has 0 spiro atoms. The Hall–Kier alpha value is -8.81. The summed E-state index contributed by atoms with van der Waals surface area (Å²) in [4.78, 5) is 16.5. The van der Waals surface area contributed by atoms with Crippen LogP contribution in [0.4, 0.5) is 0 Å². The third kappa shape index (κ3) is 6.45. The summed E-state index contributed by atoms with van der Waals surface area (Å²) in [6.45, 7) is 8.25. The normalized spacial score (nSPS) is 11.5. The highest BCUT2D eigenvalue weighted by molar-refractivity contribution is 6.27. The van der Waals surface area contributed by atoms with Crippen molar-refractivity contribution in [2.24, 2.45) is 0 Å². The van der Waals surface area contributed by atoms with Crippen LogP contribution in [0.1, 0.15) is 34.1 Å². The molecule has 0 amide bonds. The maximum Gasteiger partial charge on any atom is 0.240 e. The fourth-order valence-electron chi connectivity index (χ4n) is 10.4. The molecule has 0 aliphatic heterocycles. The first kappa shape index (κ1) is 41.6. The van der Waals surface area contributed by atoms with Gasteiger partial charge in [-0.1, -0.05) is 186 Å². The van der Waals surface area contributed by atoms with E-state index in [9.17, 15) is 0 Å². The second kappa shape index (κ2) is 17.1. The van der Waals surface area contributed by atoms with Gasteiger partial charge < -0.3 is 9.13 Å². The van der Waals surface area contributed by atoms with Crippen molar-refractivity contribution in [2.75, 3.05) is 0 Å². The molecule has 9 aromatic carbocycles. The Balaban J connectivity index is 0.000000950. The molecular formula is C62H49N7. The van der Waals surface area contributed by atoms with Gasteiger partial charge in [0.2, 0.25) is 11.9 Å². The fourth-order valence-corrected chi connectivity index (χ4v) is 10.4. The predicted octanol–water partition coefficient (Wildman–Crippen LogP) is 16.4. The number of nitrogens with zero attached hydrogens (tertiary/aromatic N) is 7. The minimum Gasteiger partial charge on any atom is -0.309 e. The van der Waals surface area contributed by atoms with Gasteiger partial charge in [-0.05, 0) is 60.7 Å². The zero-order chi connectivity index (χ0) is 46.6. The number of aromatic nitrogens is 7. The molecule has 332 valence electrons. The molecule has 5 heterocycles. The van der Waals surface area contributed by atoms with E-state index in [1.807, 2.05) is 32.0 Å². The molecule has 7 heteroatoms. The van der Waals surface area contributed by atoms with E-state index in [4.69, 9.17) is 15.0 Å². The highest BCUT2D eigenvalue weighted by atomic mass is 15.3. The second-order valence-corrected chi connectivity index (χ2v) is 17.1. The van der Waals surface area contributed by atoms with Crippen molar-refractivity contribution < 1.29 is 0 Å². The summed E-state index contributed by atoms with van der Waals surface area (Å²) in [5.41, 5.74) is 11.8. The first-order valence-corrected chi connectivity index (χ1v) is 24.1. The molecule has 0 radical (unpaired) electrons. The van der Waals surface area contributed by atoms with E-state index in [2.05, 4.69) is 226 Å². The molecule has 0 N–H and O–H groups in total. The molecule has 14 rings (SSSR count). The minimum atomic E-state index is 0.545. The van der Waals surface area contributed by atoms with Crippen LogP contribution in [0.5, 0.6) is 0 Å². The summed E-state index contributed by atoms with van der Waals surface area (Å²) in [5, 5.41) is 9.13. The smallest absolute Gasteiger partial charge is 0.240 e. The highest BCUT2D eigenvalue weighted by Gasteiger charge is 2.26. The Morgan fingerprint density at radius 3 is 1.04 bits per heavy atom. The molecular weight excluding hydrogens is 843 g/mol. The first-order chi connectivity index (χ1) is 34.2. The zero-order valence-corrected chi connectivity index (χ0v) is 39.0. The number of rotatable bonds is 5. The van der Waals surface area contributed by atoms with Gasteiger partial charge in [0, 0.05) is 60.0 Å². The van der Waals surface area contributed by atoms with Crippen LogP contribution in [0.15, 0.2) is 212 Å². The fraction of sp³-hybridized carbons (Fsp3) is 0.0806. The van der Waals surface area contributed by atoms with Crippen LogP contribution in [0.3, 0.4) is 0 Å². The van der Waals surface area contributed by atoms with E-state index in [-0.39, 0.29) is 0 Å². The van der Waals surface area contributed by atoms with Crippen LogP contribution in [0, 0.1) is 0 Å². The highest BCUT2D eigenvalue weighted by Crippen LogP contribution is 2.44. The van der Waals surface area contributed by atoms with Crippen molar-refractivity contribution in [3.63, 3.8) is 0 Å². The van der Waals surface area contributed by atoms with Crippen LogP contribution in [0.2, 0.25) is 0 Å². The quantitative estimate of drug-likeness (QED) is 0.173. The molecule has 0 saturated heterocycles. The lowest BCUT2D eigenvalue weighted by Gasteiger charge is -2.13. The Labute approximate surface area is 399 Å². The van der Waals surface area contributed by atoms with Crippen LogP contribution < -0.4 is 0 Å². The second-order valence-electron chi connectivity index (χ2n) is 17.1. The van der Waals surface area contributed by atoms with E-state index < -0.39 is 0 Å². The van der Waals surface area contributed by atoms with Crippen LogP contribution in [0.25, 0.3) is 122 Å². The van der Waals surface area contributed by atoms with Gasteiger partial charge in [-0.3, -0.25) is 9.13 Å². The maximum atomic E-state index is 5.64. The summed E-state index contributed by atoms with van der Waals surface area (Å²) in [7, 11) is 0. The molecule has 5 aromatic heterocycles. The Morgan fingerprint density at radius 1 is 0.304 bits per heavy atom. The van der Waals surface area contributed by atoms with Crippen LogP contribution in [-0.2, 0) is 0 Å². The summed E-state index contributed by atoms with van der Waals surface area (Å²) in [6, 6.07) is 75.3. The van der Waals surface area contributed by atoms with Gasteiger partial charge in [0.1, 0.15) is 0 Å². The molecule has 0 saturated carbocycles. The topological polar surface area (TPSA) is 58.4 Å². The van der Waals surface area contributed by atoms with Crippen LogP contribution in [-0.4, -0.2) is 33.2 Å². The van der Waals surface area contributed by atoms with E-state index in [0.717, 1.165) is 104 Å². The van der Waals surface area contributed by atoms with Crippen molar-refractivity contribution in [1.29, 1.82) is 0 Å². The summed E-state index contributed by atoms with van der Waals surface area (Å²) >= 11 is 0. The molecule has 0 aliphatic carbocycles. The van der Waals surface area contributed by atoms with Crippen molar-refractivity contribution >= 4 is 87.2 Å². The molecule has 14 aromatic rings. The molecule has 0 atom stereocenters. The van der Waals surface area contributed by atoms with Crippen LogP contribution >= 0.6 is 0 Å². The summed E-state index contributed by atoms with van der Waals surface area (Å²) in [6.07, 6.45) is 1.25. The van der Waals surface area contributed by atoms with Gasteiger partial charge in [0.15, 0.2) is 5.82 Å². The molecule has 0 bridgehead atoms. The largest absolute Gasteiger partial charge is 0.309 e. The monoisotopic (exact) mass is 891 g/mol. The Bertz CT molecular complexity index is 3950. The van der Waals surface area contributed by atoms with E-state index in [1.54, 1.807) is 0 Å². The van der Waals surface area contributed by atoms with Crippen molar-refractivity contribution in [1.82, 2.24) is 33.2 Å². The van der Waals surface area contributed by atoms with Gasteiger partial charge >= 0.3 is 0 Å². The number of benzene rings is 9. The maximum absolute atomic E-state index is 5.64. The van der Waals surface area contributed by atoms with Gasteiger partial charge in [0.05, 0.1) is 44.1 Å². The number of hydrogen-bond acceptors (Lipinski definition) is 3. The number of para-hydroxylation sites is 6.